The van der Waals surface area contributed by atoms with Gasteiger partial charge in [0.2, 0.25) is 0 Å². The Morgan fingerprint density at radius 1 is 1.26 bits per heavy atom. The molecular formula is C26H24Br2N4O5S. The van der Waals surface area contributed by atoms with Crippen LogP contribution in [0.15, 0.2) is 61.7 Å². The monoisotopic (exact) mass is 662 g/mol. The van der Waals surface area contributed by atoms with Gasteiger partial charge < -0.3 is 24.8 Å². The highest BCUT2D eigenvalue weighted by Gasteiger charge is 2.32. The number of esters is 1. The number of hydrogen-bond acceptors (Lipinski definition) is 7. The van der Waals surface area contributed by atoms with Crippen LogP contribution in [0.5, 0.6) is 11.5 Å². The van der Waals surface area contributed by atoms with Crippen LogP contribution in [0, 0.1) is 12.3 Å². The van der Waals surface area contributed by atoms with Gasteiger partial charge in [-0.1, -0.05) is 40.0 Å². The molecule has 198 valence electrons. The SMILES string of the molecule is C#CCOc1c(Br)cc(Br)cc1C=NNC(=O)COc1ccccc1[C@H]1NC(=S)NC(C)=C1C(=O)OCC. The van der Waals surface area contributed by atoms with Crippen molar-refractivity contribution in [2.24, 2.45) is 5.10 Å². The van der Waals surface area contributed by atoms with E-state index in [1.54, 1.807) is 50.2 Å². The third-order valence-corrected chi connectivity index (χ3v) is 6.35. The molecule has 0 saturated heterocycles. The van der Waals surface area contributed by atoms with Crippen molar-refractivity contribution in [2.75, 3.05) is 19.8 Å². The van der Waals surface area contributed by atoms with E-state index in [1.165, 1.54) is 6.21 Å². The standard InChI is InChI=1S/C26H24Br2N4O5S/c1-4-10-36-24-16(11-17(27)12-19(24)28)13-29-32-21(33)14-37-20-9-7-6-8-18(20)23-22(25(34)35-5-2)15(3)30-26(38)31-23/h1,6-9,11-13,23H,5,10,14H2,2-3H3,(H,32,33)(H2,30,31,38)/t23-/m1/s1. The molecule has 3 rings (SSSR count). The molecule has 0 aliphatic carbocycles. The summed E-state index contributed by atoms with van der Waals surface area (Å²) in [7, 11) is 0. The van der Waals surface area contributed by atoms with E-state index in [-0.39, 0.29) is 19.8 Å². The number of halogens is 2. The Hall–Kier alpha value is -3.40. The van der Waals surface area contributed by atoms with Crippen LogP contribution in [0.2, 0.25) is 0 Å². The minimum atomic E-state index is -0.628. The summed E-state index contributed by atoms with van der Waals surface area (Å²) in [6.45, 7) is 3.44. The van der Waals surface area contributed by atoms with E-state index < -0.39 is 17.9 Å². The van der Waals surface area contributed by atoms with Crippen LogP contribution in [0.1, 0.15) is 31.0 Å². The molecule has 12 heteroatoms. The van der Waals surface area contributed by atoms with Crippen molar-refractivity contribution in [2.45, 2.75) is 19.9 Å². The van der Waals surface area contributed by atoms with Gasteiger partial charge in [-0.05, 0) is 60.2 Å². The minimum Gasteiger partial charge on any atom is -0.483 e. The number of rotatable bonds is 10. The second kappa shape index (κ2) is 13.9. The van der Waals surface area contributed by atoms with Crippen LogP contribution in [-0.2, 0) is 14.3 Å². The molecule has 1 atom stereocenters. The lowest BCUT2D eigenvalue weighted by Gasteiger charge is -2.30. The smallest absolute Gasteiger partial charge is 0.338 e. The number of benzene rings is 2. The molecule has 3 N–H and O–H groups in total. The first-order valence-corrected chi connectivity index (χ1v) is 13.3. The maximum absolute atomic E-state index is 12.7. The van der Waals surface area contributed by atoms with E-state index in [0.717, 1.165) is 4.47 Å². The van der Waals surface area contributed by atoms with Gasteiger partial charge in [0.25, 0.3) is 5.91 Å². The summed E-state index contributed by atoms with van der Waals surface area (Å²) >= 11 is 12.1. The molecule has 9 nitrogen and oxygen atoms in total. The van der Waals surface area contributed by atoms with Gasteiger partial charge >= 0.3 is 5.97 Å². The lowest BCUT2D eigenvalue weighted by Crippen LogP contribution is -2.45. The molecule has 1 aliphatic heterocycles. The topological polar surface area (TPSA) is 110 Å². The van der Waals surface area contributed by atoms with Gasteiger partial charge in [-0.15, -0.1) is 6.42 Å². The maximum atomic E-state index is 12.7. The Morgan fingerprint density at radius 3 is 2.76 bits per heavy atom. The summed E-state index contributed by atoms with van der Waals surface area (Å²) < 4.78 is 18.1. The fourth-order valence-electron chi connectivity index (χ4n) is 3.55. The third-order valence-electron chi connectivity index (χ3n) is 5.08. The average Bonchev–Trinajstić information content (AvgIpc) is 2.86. The maximum Gasteiger partial charge on any atom is 0.338 e. The van der Waals surface area contributed by atoms with E-state index in [2.05, 4.69) is 58.9 Å². The number of ether oxygens (including phenoxy) is 3. The highest BCUT2D eigenvalue weighted by Crippen LogP contribution is 2.34. The number of thiocarbonyl (C=S) groups is 1. The van der Waals surface area contributed by atoms with Crippen molar-refractivity contribution in [1.29, 1.82) is 0 Å². The molecule has 2 aromatic rings. The van der Waals surface area contributed by atoms with E-state index in [0.29, 0.717) is 43.5 Å². The van der Waals surface area contributed by atoms with Crippen LogP contribution in [0.25, 0.3) is 0 Å². The molecular weight excluding hydrogens is 640 g/mol. The van der Waals surface area contributed by atoms with Crippen molar-refractivity contribution < 1.29 is 23.8 Å². The van der Waals surface area contributed by atoms with Crippen LogP contribution in [-0.4, -0.2) is 43.0 Å². The zero-order valence-electron chi connectivity index (χ0n) is 20.5. The number of amides is 1. The lowest BCUT2D eigenvalue weighted by atomic mass is 9.95. The van der Waals surface area contributed by atoms with Crippen molar-refractivity contribution in [3.8, 4) is 23.8 Å². The van der Waals surface area contributed by atoms with Crippen molar-refractivity contribution in [3.05, 3.63) is 67.7 Å². The second-order valence-electron chi connectivity index (χ2n) is 7.71. The third kappa shape index (κ3) is 7.56. The summed E-state index contributed by atoms with van der Waals surface area (Å²) in [5, 5.41) is 10.4. The minimum absolute atomic E-state index is 0.0733. The Kier molecular flexibility index (Phi) is 10.7. The number of allylic oxidation sites excluding steroid dienone is 1. The van der Waals surface area contributed by atoms with Gasteiger partial charge in [0.15, 0.2) is 11.7 Å². The zero-order chi connectivity index (χ0) is 27.7. The van der Waals surface area contributed by atoms with Crippen LogP contribution in [0.4, 0.5) is 0 Å². The molecule has 0 fully saturated rings. The molecule has 0 aromatic heterocycles. The predicted molar refractivity (Wildman–Crippen MR) is 155 cm³/mol. The predicted octanol–water partition coefficient (Wildman–Crippen LogP) is 4.11. The normalized spacial score (nSPS) is 14.8. The fraction of sp³-hybridized carbons (Fsp3) is 0.231. The largest absolute Gasteiger partial charge is 0.483 e. The van der Waals surface area contributed by atoms with Crippen LogP contribution >= 0.6 is 44.1 Å². The molecule has 0 spiro atoms. The Labute approximate surface area is 242 Å². The van der Waals surface area contributed by atoms with Gasteiger partial charge in [-0.25, -0.2) is 10.2 Å². The van der Waals surface area contributed by atoms with Gasteiger partial charge in [0.05, 0.1) is 28.9 Å². The Bertz CT molecular complexity index is 1340. The molecule has 38 heavy (non-hydrogen) atoms. The molecule has 0 radical (unpaired) electrons. The van der Waals surface area contributed by atoms with Gasteiger partial charge in [-0.3, -0.25) is 4.79 Å². The summed E-state index contributed by atoms with van der Waals surface area (Å²) in [5.41, 5.74) is 4.58. The molecule has 1 amide bonds. The van der Waals surface area contributed by atoms with E-state index in [9.17, 15) is 9.59 Å². The number of hydrogen-bond donors (Lipinski definition) is 3. The molecule has 1 heterocycles. The first-order valence-electron chi connectivity index (χ1n) is 11.3. The number of carbonyl (C=O) groups is 2. The Balaban J connectivity index is 1.73. The van der Waals surface area contributed by atoms with E-state index >= 15 is 0 Å². The van der Waals surface area contributed by atoms with Crippen molar-refractivity contribution in [1.82, 2.24) is 16.1 Å². The fourth-order valence-corrected chi connectivity index (χ4v) is 5.19. The van der Waals surface area contributed by atoms with Gasteiger partial charge in [0, 0.05) is 21.3 Å². The quantitative estimate of drug-likeness (QED) is 0.115. The molecule has 0 unspecified atom stereocenters. The highest BCUT2D eigenvalue weighted by atomic mass is 79.9. The summed E-state index contributed by atoms with van der Waals surface area (Å²) in [4.78, 5) is 25.2. The number of terminal acetylenes is 1. The number of hydrazone groups is 1. The average molecular weight is 664 g/mol. The number of nitrogens with one attached hydrogen (secondary N) is 3. The number of carbonyl (C=O) groups excluding carboxylic acids is 2. The Morgan fingerprint density at radius 2 is 2.03 bits per heavy atom. The summed E-state index contributed by atoms with van der Waals surface area (Å²) in [6, 6.07) is 9.99. The summed E-state index contributed by atoms with van der Waals surface area (Å²) in [6.07, 6.45) is 6.73. The number of nitrogens with zero attached hydrogens (tertiary/aromatic N) is 1. The first kappa shape index (κ1) is 29.2. The molecule has 2 aromatic carbocycles. The van der Waals surface area contributed by atoms with Crippen LogP contribution in [0.3, 0.4) is 0 Å². The van der Waals surface area contributed by atoms with Gasteiger partial charge in [-0.2, -0.15) is 5.10 Å². The molecule has 0 saturated carbocycles. The highest BCUT2D eigenvalue weighted by molar-refractivity contribution is 9.11. The first-order chi connectivity index (χ1) is 18.2. The van der Waals surface area contributed by atoms with Crippen molar-refractivity contribution >= 4 is 67.3 Å². The van der Waals surface area contributed by atoms with E-state index in [4.69, 9.17) is 32.9 Å². The zero-order valence-corrected chi connectivity index (χ0v) is 24.5. The second-order valence-corrected chi connectivity index (χ2v) is 9.89. The lowest BCUT2D eigenvalue weighted by molar-refractivity contribution is -0.139. The molecule has 1 aliphatic rings. The van der Waals surface area contributed by atoms with Crippen LogP contribution < -0.4 is 25.5 Å². The van der Waals surface area contributed by atoms with Gasteiger partial charge in [0.1, 0.15) is 18.1 Å². The number of para-hydroxylation sites is 1. The molecule has 0 bridgehead atoms. The van der Waals surface area contributed by atoms with Crippen molar-refractivity contribution in [3.63, 3.8) is 0 Å². The van der Waals surface area contributed by atoms with E-state index in [1.807, 2.05) is 0 Å². The summed E-state index contributed by atoms with van der Waals surface area (Å²) in [5.74, 6) is 2.31.